The van der Waals surface area contributed by atoms with Gasteiger partial charge in [-0.05, 0) is 37.3 Å². The van der Waals surface area contributed by atoms with E-state index in [1.165, 1.54) is 18.3 Å². The molecule has 2 aromatic heterocycles. The Bertz CT molecular complexity index is 920. The molecule has 0 saturated carbocycles. The van der Waals surface area contributed by atoms with Crippen LogP contribution in [0, 0.1) is 6.92 Å². The fourth-order valence-corrected chi connectivity index (χ4v) is 2.19. The molecule has 122 valence electrons. The van der Waals surface area contributed by atoms with Gasteiger partial charge in [0.25, 0.3) is 0 Å². The van der Waals surface area contributed by atoms with Crippen molar-refractivity contribution in [1.82, 2.24) is 9.97 Å². The van der Waals surface area contributed by atoms with Gasteiger partial charge in [0.15, 0.2) is 0 Å². The Morgan fingerprint density at radius 1 is 1.21 bits per heavy atom. The Morgan fingerprint density at radius 3 is 2.62 bits per heavy atom. The molecule has 0 aliphatic carbocycles. The first kappa shape index (κ1) is 15.5. The minimum Gasteiger partial charge on any atom is -0.507 e. The van der Waals surface area contributed by atoms with Gasteiger partial charge in [0.1, 0.15) is 22.8 Å². The predicted octanol–water partition coefficient (Wildman–Crippen LogP) is 2.86. The Balaban J connectivity index is 1.93. The summed E-state index contributed by atoms with van der Waals surface area (Å²) in [7, 11) is 1.59. The van der Waals surface area contributed by atoms with Gasteiger partial charge in [0, 0.05) is 18.0 Å². The van der Waals surface area contributed by atoms with Crippen molar-refractivity contribution >= 4 is 11.6 Å². The highest BCUT2D eigenvalue weighted by atomic mass is 16.5. The van der Waals surface area contributed by atoms with E-state index in [0.717, 1.165) is 11.4 Å². The van der Waals surface area contributed by atoms with E-state index in [-0.39, 0.29) is 23.0 Å². The molecule has 3 rings (SSSR count). The minimum absolute atomic E-state index is 0.000723. The summed E-state index contributed by atoms with van der Waals surface area (Å²) in [5.41, 5.74) is 0.378. The number of nitrogens with one attached hydrogen (secondary N) is 1. The Kier molecular flexibility index (Phi) is 4.15. The molecule has 1 aromatic carbocycles. The summed E-state index contributed by atoms with van der Waals surface area (Å²) in [6, 6.07) is 10.1. The van der Waals surface area contributed by atoms with Crippen LogP contribution in [0.2, 0.25) is 0 Å². The number of hydrogen-bond acceptors (Lipinski definition) is 7. The maximum absolute atomic E-state index is 12.0. The third kappa shape index (κ3) is 3.19. The molecule has 2 N–H and O–H groups in total. The van der Waals surface area contributed by atoms with Crippen LogP contribution in [0.1, 0.15) is 5.76 Å². The average Bonchev–Trinajstić information content (AvgIpc) is 2.55. The first-order valence-electron chi connectivity index (χ1n) is 7.15. The van der Waals surface area contributed by atoms with Crippen molar-refractivity contribution in [2.45, 2.75) is 6.92 Å². The normalized spacial score (nSPS) is 10.4. The van der Waals surface area contributed by atoms with Crippen LogP contribution in [0.4, 0.5) is 11.6 Å². The molecule has 2 heterocycles. The van der Waals surface area contributed by atoms with E-state index in [1.807, 2.05) is 12.1 Å². The van der Waals surface area contributed by atoms with Gasteiger partial charge in [-0.2, -0.15) is 0 Å². The lowest BCUT2D eigenvalue weighted by Crippen LogP contribution is -2.06. The van der Waals surface area contributed by atoms with Gasteiger partial charge in [0.05, 0.1) is 12.8 Å². The smallest absolute Gasteiger partial charge is 0.349 e. The number of aryl methyl sites for hydroxylation is 1. The van der Waals surface area contributed by atoms with Gasteiger partial charge in [-0.1, -0.05) is 0 Å². The van der Waals surface area contributed by atoms with Crippen molar-refractivity contribution < 1.29 is 14.3 Å². The van der Waals surface area contributed by atoms with Gasteiger partial charge in [-0.25, -0.2) is 14.8 Å². The molecular formula is C17H15N3O4. The molecule has 0 amide bonds. The average molecular weight is 325 g/mol. The minimum atomic E-state index is -0.651. The number of methoxy groups -OCH3 is 1. The van der Waals surface area contributed by atoms with E-state index in [0.29, 0.717) is 5.76 Å². The van der Waals surface area contributed by atoms with Crippen LogP contribution in [0.3, 0.4) is 0 Å². The summed E-state index contributed by atoms with van der Waals surface area (Å²) in [5, 5.41) is 13.0. The lowest BCUT2D eigenvalue weighted by Gasteiger charge is -2.08. The maximum atomic E-state index is 12.0. The Labute approximate surface area is 137 Å². The van der Waals surface area contributed by atoms with Crippen LogP contribution in [-0.4, -0.2) is 22.2 Å². The first-order valence-corrected chi connectivity index (χ1v) is 7.15. The van der Waals surface area contributed by atoms with E-state index < -0.39 is 5.63 Å². The fourth-order valence-electron chi connectivity index (χ4n) is 2.19. The molecule has 0 bridgehead atoms. The van der Waals surface area contributed by atoms with Crippen molar-refractivity contribution in [1.29, 1.82) is 0 Å². The van der Waals surface area contributed by atoms with E-state index >= 15 is 0 Å². The molecule has 0 saturated heterocycles. The quantitative estimate of drug-likeness (QED) is 0.761. The molecule has 0 aliphatic rings. The second-order valence-corrected chi connectivity index (χ2v) is 5.02. The zero-order valence-corrected chi connectivity index (χ0v) is 13.1. The molecule has 0 radical (unpaired) electrons. The van der Waals surface area contributed by atoms with Crippen LogP contribution in [0.15, 0.2) is 51.8 Å². The summed E-state index contributed by atoms with van der Waals surface area (Å²) in [6.07, 6.45) is 1.49. The number of ether oxygens (including phenoxy) is 1. The number of benzene rings is 1. The lowest BCUT2D eigenvalue weighted by molar-refractivity contribution is 0.415. The zero-order chi connectivity index (χ0) is 17.1. The highest BCUT2D eigenvalue weighted by Crippen LogP contribution is 2.26. The summed E-state index contributed by atoms with van der Waals surface area (Å²) < 4.78 is 10.1. The van der Waals surface area contributed by atoms with Crippen molar-refractivity contribution in [2.75, 3.05) is 12.4 Å². The molecule has 0 atom stereocenters. The Morgan fingerprint density at radius 2 is 1.96 bits per heavy atom. The molecule has 7 heteroatoms. The van der Waals surface area contributed by atoms with E-state index in [4.69, 9.17) is 9.15 Å². The molecule has 24 heavy (non-hydrogen) atoms. The molecule has 0 aliphatic heterocycles. The van der Waals surface area contributed by atoms with Crippen molar-refractivity contribution in [2.24, 2.45) is 0 Å². The number of aromatic nitrogens is 2. The number of anilines is 2. The zero-order valence-electron chi connectivity index (χ0n) is 13.1. The summed E-state index contributed by atoms with van der Waals surface area (Å²) in [4.78, 5) is 20.4. The molecule has 0 spiro atoms. The van der Waals surface area contributed by atoms with Gasteiger partial charge < -0.3 is 19.6 Å². The second kappa shape index (κ2) is 6.41. The number of hydrogen-bond donors (Lipinski definition) is 2. The lowest BCUT2D eigenvalue weighted by atomic mass is 10.2. The van der Waals surface area contributed by atoms with Gasteiger partial charge in [-0.15, -0.1) is 0 Å². The predicted molar refractivity (Wildman–Crippen MR) is 88.7 cm³/mol. The summed E-state index contributed by atoms with van der Waals surface area (Å²) in [6.45, 7) is 1.58. The van der Waals surface area contributed by atoms with Gasteiger partial charge in [-0.3, -0.25) is 0 Å². The summed E-state index contributed by atoms with van der Waals surface area (Å²) in [5.74, 6) is 1.17. The van der Waals surface area contributed by atoms with E-state index in [1.54, 1.807) is 26.2 Å². The van der Waals surface area contributed by atoms with Crippen molar-refractivity contribution in [3.63, 3.8) is 0 Å². The Hall–Kier alpha value is -3.35. The van der Waals surface area contributed by atoms with Crippen LogP contribution < -0.4 is 15.7 Å². The number of aromatic hydroxyl groups is 1. The largest absolute Gasteiger partial charge is 0.507 e. The third-order valence-corrected chi connectivity index (χ3v) is 3.31. The van der Waals surface area contributed by atoms with Crippen molar-refractivity contribution in [3.8, 4) is 22.8 Å². The highest BCUT2D eigenvalue weighted by molar-refractivity contribution is 5.66. The third-order valence-electron chi connectivity index (χ3n) is 3.31. The molecule has 0 unspecified atom stereocenters. The SMILES string of the molecule is COc1ccc(Nc2nccc(-c3c(O)cc(C)oc3=O)n2)cc1. The standard InChI is InChI=1S/C17H15N3O4/c1-10-9-14(21)15(16(22)24-10)13-7-8-18-17(20-13)19-11-3-5-12(23-2)6-4-11/h3-9,21H,1-2H3,(H,18,19,20). The highest BCUT2D eigenvalue weighted by Gasteiger charge is 2.14. The molecule has 0 fully saturated rings. The molecule has 7 nitrogen and oxygen atoms in total. The van der Waals surface area contributed by atoms with Crippen LogP contribution >= 0.6 is 0 Å². The topological polar surface area (TPSA) is 97.5 Å². The van der Waals surface area contributed by atoms with Crippen LogP contribution in [0.25, 0.3) is 11.3 Å². The molecule has 3 aromatic rings. The van der Waals surface area contributed by atoms with Gasteiger partial charge in [0.2, 0.25) is 5.95 Å². The fraction of sp³-hybridized carbons (Fsp3) is 0.118. The van der Waals surface area contributed by atoms with Gasteiger partial charge >= 0.3 is 5.63 Å². The van der Waals surface area contributed by atoms with E-state index in [9.17, 15) is 9.90 Å². The maximum Gasteiger partial charge on any atom is 0.349 e. The summed E-state index contributed by atoms with van der Waals surface area (Å²) >= 11 is 0. The molecular weight excluding hydrogens is 310 g/mol. The van der Waals surface area contributed by atoms with Crippen LogP contribution in [-0.2, 0) is 0 Å². The van der Waals surface area contributed by atoms with Crippen molar-refractivity contribution in [3.05, 3.63) is 58.8 Å². The number of rotatable bonds is 4. The van der Waals surface area contributed by atoms with Crippen LogP contribution in [0.5, 0.6) is 11.5 Å². The second-order valence-electron chi connectivity index (χ2n) is 5.02. The number of nitrogens with zero attached hydrogens (tertiary/aromatic N) is 2. The van der Waals surface area contributed by atoms with E-state index in [2.05, 4.69) is 15.3 Å². The monoisotopic (exact) mass is 325 g/mol. The first-order chi connectivity index (χ1) is 11.6.